The van der Waals surface area contributed by atoms with E-state index < -0.39 is 0 Å². The van der Waals surface area contributed by atoms with Crippen molar-refractivity contribution in [2.75, 3.05) is 60.2 Å². The first-order valence-corrected chi connectivity index (χ1v) is 8.71. The van der Waals surface area contributed by atoms with Crippen LogP contribution in [0.1, 0.15) is 23.4 Å². The molecule has 1 atom stereocenters. The molecular weight excluding hydrogens is 308 g/mol. The predicted octanol–water partition coefficient (Wildman–Crippen LogP) is 1.73. The number of carbonyl (C=O) groups excluding carboxylic acids is 1. The number of ether oxygens (including phenoxy) is 2. The van der Waals surface area contributed by atoms with E-state index in [-0.39, 0.29) is 11.3 Å². The SMILES string of the molecule is COCCN1C[C@H](COC)C2(CCN(C(=O)c3ccco3)CC2)C1. The number of amides is 1. The molecule has 0 aliphatic carbocycles. The van der Waals surface area contributed by atoms with Crippen LogP contribution in [0.25, 0.3) is 0 Å². The standard InChI is InChI=1S/C18H28N2O4/c1-22-11-9-19-12-15(13-23-2)18(14-19)5-7-20(8-6-18)17(21)16-4-3-10-24-16/h3-4,10,15H,5-9,11-14H2,1-2H3/t15-/m1/s1. The molecule has 3 rings (SSSR count). The van der Waals surface area contributed by atoms with Crippen molar-refractivity contribution in [1.82, 2.24) is 9.80 Å². The minimum atomic E-state index is 0.00683. The highest BCUT2D eigenvalue weighted by Gasteiger charge is 2.48. The van der Waals surface area contributed by atoms with E-state index in [0.29, 0.717) is 11.7 Å². The van der Waals surface area contributed by atoms with Crippen LogP contribution in [0.3, 0.4) is 0 Å². The Labute approximate surface area is 143 Å². The molecule has 2 saturated heterocycles. The van der Waals surface area contributed by atoms with Gasteiger partial charge in [-0.1, -0.05) is 0 Å². The Morgan fingerprint density at radius 1 is 1.33 bits per heavy atom. The van der Waals surface area contributed by atoms with Crippen LogP contribution < -0.4 is 0 Å². The van der Waals surface area contributed by atoms with Crippen molar-refractivity contribution in [3.05, 3.63) is 24.2 Å². The summed E-state index contributed by atoms with van der Waals surface area (Å²) in [6.45, 7) is 6.23. The summed E-state index contributed by atoms with van der Waals surface area (Å²) in [5.41, 5.74) is 0.254. The van der Waals surface area contributed by atoms with Gasteiger partial charge in [-0.3, -0.25) is 4.79 Å². The minimum Gasteiger partial charge on any atom is -0.459 e. The van der Waals surface area contributed by atoms with Crippen LogP contribution in [-0.4, -0.2) is 75.9 Å². The van der Waals surface area contributed by atoms with Crippen molar-refractivity contribution in [3.8, 4) is 0 Å². The van der Waals surface area contributed by atoms with Gasteiger partial charge in [0.2, 0.25) is 0 Å². The molecule has 1 aromatic heterocycles. The Morgan fingerprint density at radius 3 is 2.75 bits per heavy atom. The molecule has 0 bridgehead atoms. The fourth-order valence-corrected chi connectivity index (χ4v) is 4.24. The minimum absolute atomic E-state index is 0.00683. The molecule has 24 heavy (non-hydrogen) atoms. The normalized spacial score (nSPS) is 23.9. The van der Waals surface area contributed by atoms with Gasteiger partial charge in [0.1, 0.15) is 0 Å². The third-order valence-electron chi connectivity index (χ3n) is 5.64. The van der Waals surface area contributed by atoms with Gasteiger partial charge in [-0.15, -0.1) is 0 Å². The Hall–Kier alpha value is -1.37. The molecule has 2 aliphatic rings. The summed E-state index contributed by atoms with van der Waals surface area (Å²) >= 11 is 0. The lowest BCUT2D eigenvalue weighted by atomic mass is 9.71. The van der Waals surface area contributed by atoms with E-state index in [4.69, 9.17) is 13.9 Å². The first kappa shape index (κ1) is 17.5. The molecular formula is C18H28N2O4. The molecule has 1 aromatic rings. The summed E-state index contributed by atoms with van der Waals surface area (Å²) in [7, 11) is 3.53. The highest BCUT2D eigenvalue weighted by Crippen LogP contribution is 2.44. The van der Waals surface area contributed by atoms with Crippen LogP contribution in [0.4, 0.5) is 0 Å². The number of nitrogens with zero attached hydrogens (tertiary/aromatic N) is 2. The maximum absolute atomic E-state index is 12.5. The fourth-order valence-electron chi connectivity index (χ4n) is 4.24. The number of rotatable bonds is 6. The quantitative estimate of drug-likeness (QED) is 0.792. The second-order valence-corrected chi connectivity index (χ2v) is 7.01. The molecule has 0 aromatic carbocycles. The van der Waals surface area contributed by atoms with Crippen LogP contribution in [0.2, 0.25) is 0 Å². The monoisotopic (exact) mass is 336 g/mol. The van der Waals surface area contributed by atoms with E-state index >= 15 is 0 Å². The van der Waals surface area contributed by atoms with Crippen LogP contribution >= 0.6 is 0 Å². The van der Waals surface area contributed by atoms with Crippen molar-refractivity contribution in [3.63, 3.8) is 0 Å². The molecule has 1 spiro atoms. The average molecular weight is 336 g/mol. The summed E-state index contributed by atoms with van der Waals surface area (Å²) in [5.74, 6) is 0.972. The zero-order valence-electron chi connectivity index (χ0n) is 14.7. The molecule has 0 radical (unpaired) electrons. The van der Waals surface area contributed by atoms with Gasteiger partial charge in [0.25, 0.3) is 5.91 Å². The molecule has 1 amide bonds. The van der Waals surface area contributed by atoms with E-state index in [1.807, 2.05) is 4.90 Å². The van der Waals surface area contributed by atoms with Gasteiger partial charge < -0.3 is 23.7 Å². The molecule has 6 heteroatoms. The number of likely N-dealkylation sites (tertiary alicyclic amines) is 2. The third-order valence-corrected chi connectivity index (χ3v) is 5.64. The zero-order chi connectivity index (χ0) is 17.0. The van der Waals surface area contributed by atoms with Crippen LogP contribution in [0.15, 0.2) is 22.8 Å². The molecule has 0 unspecified atom stereocenters. The van der Waals surface area contributed by atoms with Crippen LogP contribution in [0, 0.1) is 11.3 Å². The van der Waals surface area contributed by atoms with E-state index in [1.165, 1.54) is 0 Å². The number of carbonyl (C=O) groups is 1. The fraction of sp³-hybridized carbons (Fsp3) is 0.722. The number of furan rings is 1. The topological polar surface area (TPSA) is 55.2 Å². The van der Waals surface area contributed by atoms with Gasteiger partial charge in [-0.2, -0.15) is 0 Å². The lowest BCUT2D eigenvalue weighted by Gasteiger charge is -2.42. The molecule has 134 valence electrons. The Kier molecular flexibility index (Phi) is 5.58. The highest BCUT2D eigenvalue weighted by molar-refractivity contribution is 5.91. The lowest BCUT2D eigenvalue weighted by molar-refractivity contribution is 0.0305. The van der Waals surface area contributed by atoms with Crippen molar-refractivity contribution < 1.29 is 18.7 Å². The number of piperidine rings is 1. The zero-order valence-corrected chi connectivity index (χ0v) is 14.7. The molecule has 2 fully saturated rings. The highest BCUT2D eigenvalue weighted by atomic mass is 16.5. The van der Waals surface area contributed by atoms with Gasteiger partial charge in [0.05, 0.1) is 19.5 Å². The van der Waals surface area contributed by atoms with E-state index in [1.54, 1.807) is 32.6 Å². The number of methoxy groups -OCH3 is 2. The maximum Gasteiger partial charge on any atom is 0.289 e. The van der Waals surface area contributed by atoms with Gasteiger partial charge in [-0.25, -0.2) is 0 Å². The smallest absolute Gasteiger partial charge is 0.289 e. The molecule has 0 saturated carbocycles. The maximum atomic E-state index is 12.5. The van der Waals surface area contributed by atoms with E-state index in [9.17, 15) is 4.79 Å². The summed E-state index contributed by atoms with van der Waals surface area (Å²) in [6.07, 6.45) is 3.60. The van der Waals surface area contributed by atoms with Crippen molar-refractivity contribution >= 4 is 5.91 Å². The van der Waals surface area contributed by atoms with Crippen molar-refractivity contribution in [2.24, 2.45) is 11.3 Å². The van der Waals surface area contributed by atoms with Gasteiger partial charge in [0, 0.05) is 52.9 Å². The second kappa shape index (κ2) is 7.68. The van der Waals surface area contributed by atoms with Crippen LogP contribution in [0.5, 0.6) is 0 Å². The summed E-state index contributed by atoms with van der Waals surface area (Å²) in [5, 5.41) is 0. The number of hydrogen-bond acceptors (Lipinski definition) is 5. The first-order chi connectivity index (χ1) is 11.7. The van der Waals surface area contributed by atoms with Crippen LogP contribution in [-0.2, 0) is 9.47 Å². The first-order valence-electron chi connectivity index (χ1n) is 8.71. The number of hydrogen-bond donors (Lipinski definition) is 0. The van der Waals surface area contributed by atoms with E-state index in [0.717, 1.165) is 58.8 Å². The van der Waals surface area contributed by atoms with Gasteiger partial charge in [0.15, 0.2) is 5.76 Å². The van der Waals surface area contributed by atoms with E-state index in [2.05, 4.69) is 4.90 Å². The van der Waals surface area contributed by atoms with Crippen molar-refractivity contribution in [2.45, 2.75) is 12.8 Å². The Balaban J connectivity index is 1.62. The Morgan fingerprint density at radius 2 is 2.12 bits per heavy atom. The summed E-state index contributed by atoms with van der Waals surface area (Å²) in [4.78, 5) is 16.9. The lowest BCUT2D eigenvalue weighted by Crippen LogP contribution is -2.47. The second-order valence-electron chi connectivity index (χ2n) is 7.01. The van der Waals surface area contributed by atoms with Crippen molar-refractivity contribution in [1.29, 1.82) is 0 Å². The summed E-state index contributed by atoms with van der Waals surface area (Å²) in [6, 6.07) is 3.50. The molecule has 3 heterocycles. The summed E-state index contributed by atoms with van der Waals surface area (Å²) < 4.78 is 16.0. The van der Waals surface area contributed by atoms with Gasteiger partial charge in [-0.05, 0) is 30.4 Å². The largest absolute Gasteiger partial charge is 0.459 e. The van der Waals surface area contributed by atoms with Gasteiger partial charge >= 0.3 is 0 Å². The predicted molar refractivity (Wildman–Crippen MR) is 90.0 cm³/mol. The molecule has 6 nitrogen and oxygen atoms in total. The average Bonchev–Trinajstić information content (AvgIpc) is 3.23. The molecule has 0 N–H and O–H groups in total. The molecule has 2 aliphatic heterocycles. The third kappa shape index (κ3) is 3.50. The Bertz CT molecular complexity index is 523.